The molecule has 7 heteroatoms. The maximum atomic E-state index is 5.28. The van der Waals surface area contributed by atoms with Crippen molar-refractivity contribution in [3.05, 3.63) is 24.4 Å². The van der Waals surface area contributed by atoms with Crippen molar-refractivity contribution >= 4 is 28.9 Å². The monoisotopic (exact) mass is 261 g/mol. The quantitative estimate of drug-likeness (QED) is 0.705. The number of rotatable bonds is 3. The minimum Gasteiger partial charge on any atom is -0.468 e. The molecule has 92 valence electrons. The second-order valence-electron chi connectivity index (χ2n) is 3.65. The summed E-state index contributed by atoms with van der Waals surface area (Å²) in [5.41, 5.74) is 1.48. The fourth-order valence-electron chi connectivity index (χ4n) is 1.58. The van der Waals surface area contributed by atoms with Crippen LogP contribution in [0.3, 0.4) is 0 Å². The van der Waals surface area contributed by atoms with Crippen molar-refractivity contribution in [1.29, 1.82) is 0 Å². The lowest BCUT2D eigenvalue weighted by Gasteiger charge is -2.03. The van der Waals surface area contributed by atoms with Gasteiger partial charge < -0.3 is 14.7 Å². The molecule has 0 radical (unpaired) electrons. The molecule has 0 aromatic carbocycles. The summed E-state index contributed by atoms with van der Waals surface area (Å²) in [6.07, 6.45) is 3.28. The van der Waals surface area contributed by atoms with Gasteiger partial charge in [0, 0.05) is 7.05 Å². The number of aromatic nitrogens is 4. The van der Waals surface area contributed by atoms with E-state index in [9.17, 15) is 0 Å². The zero-order valence-corrected chi connectivity index (χ0v) is 10.7. The minimum absolute atomic E-state index is 0.554. The normalized spacial score (nSPS) is 11.0. The second kappa shape index (κ2) is 4.34. The largest absolute Gasteiger partial charge is 0.468 e. The number of imidazole rings is 1. The molecule has 18 heavy (non-hydrogen) atoms. The molecule has 0 aliphatic rings. The number of nitrogens with zero attached hydrogens (tertiary/aromatic N) is 3. The number of fused-ring (bicyclic) bond motifs is 1. The lowest BCUT2D eigenvalue weighted by atomic mass is 10.5. The first-order valence-corrected chi connectivity index (χ1v) is 6.20. The number of aryl methyl sites for hydroxylation is 1. The first-order chi connectivity index (χ1) is 8.78. The molecule has 2 N–H and O–H groups in total. The van der Waals surface area contributed by atoms with Crippen molar-refractivity contribution in [2.45, 2.75) is 16.8 Å². The summed E-state index contributed by atoms with van der Waals surface area (Å²) in [6.45, 7) is 1.92. The van der Waals surface area contributed by atoms with Crippen molar-refractivity contribution in [2.75, 3.05) is 12.4 Å². The van der Waals surface area contributed by atoms with Gasteiger partial charge in [-0.3, -0.25) is 0 Å². The third kappa shape index (κ3) is 1.82. The zero-order chi connectivity index (χ0) is 12.5. The SMILES string of the molecule is CNc1nc(Sc2ccoc2C)c2[nH]cnc2n1. The number of H-pyrrole nitrogens is 1. The van der Waals surface area contributed by atoms with Crippen molar-refractivity contribution < 1.29 is 4.42 Å². The van der Waals surface area contributed by atoms with E-state index in [1.54, 1.807) is 19.6 Å². The van der Waals surface area contributed by atoms with Crippen molar-refractivity contribution in [3.8, 4) is 0 Å². The van der Waals surface area contributed by atoms with Gasteiger partial charge in [-0.15, -0.1) is 0 Å². The third-order valence-corrected chi connectivity index (χ3v) is 3.63. The first kappa shape index (κ1) is 11.1. The molecular weight excluding hydrogens is 250 g/mol. The van der Waals surface area contributed by atoms with E-state index >= 15 is 0 Å². The molecule has 0 spiro atoms. The highest BCUT2D eigenvalue weighted by molar-refractivity contribution is 7.99. The van der Waals surface area contributed by atoms with Gasteiger partial charge >= 0.3 is 0 Å². The Kier molecular flexibility index (Phi) is 2.67. The van der Waals surface area contributed by atoms with Gasteiger partial charge in [0.2, 0.25) is 5.95 Å². The number of hydrogen-bond donors (Lipinski definition) is 2. The summed E-state index contributed by atoms with van der Waals surface area (Å²) in [6, 6.07) is 1.92. The maximum Gasteiger partial charge on any atom is 0.225 e. The van der Waals surface area contributed by atoms with Crippen LogP contribution in [-0.4, -0.2) is 27.0 Å². The molecule has 0 saturated heterocycles. The summed E-state index contributed by atoms with van der Waals surface area (Å²) in [5, 5.41) is 3.76. The lowest BCUT2D eigenvalue weighted by Crippen LogP contribution is -1.98. The summed E-state index contributed by atoms with van der Waals surface area (Å²) in [7, 11) is 1.78. The second-order valence-corrected chi connectivity index (χ2v) is 4.68. The van der Waals surface area contributed by atoms with Crippen LogP contribution in [0.4, 0.5) is 5.95 Å². The molecule has 0 aliphatic heterocycles. The number of anilines is 1. The number of aromatic amines is 1. The van der Waals surface area contributed by atoms with Crippen LogP contribution < -0.4 is 5.32 Å². The Morgan fingerprint density at radius 1 is 1.39 bits per heavy atom. The lowest BCUT2D eigenvalue weighted by molar-refractivity contribution is 0.527. The first-order valence-electron chi connectivity index (χ1n) is 5.38. The standard InChI is InChI=1S/C11H11N5OS/c1-6-7(3-4-17-6)18-10-8-9(14-5-13-8)15-11(12-2)16-10/h3-5H,1-2H3,(H2,12,13,14,15,16). The molecule has 0 amide bonds. The van der Waals surface area contributed by atoms with Crippen LogP contribution in [0.25, 0.3) is 11.2 Å². The molecule has 0 fully saturated rings. The highest BCUT2D eigenvalue weighted by Crippen LogP contribution is 2.33. The molecule has 0 unspecified atom stereocenters. The predicted molar refractivity (Wildman–Crippen MR) is 68.8 cm³/mol. The van der Waals surface area contributed by atoms with Gasteiger partial charge in [0.25, 0.3) is 0 Å². The Labute approximate surface area is 107 Å². The molecular formula is C11H11N5OS. The van der Waals surface area contributed by atoms with E-state index in [4.69, 9.17) is 4.42 Å². The summed E-state index contributed by atoms with van der Waals surface area (Å²) in [5.74, 6) is 1.43. The van der Waals surface area contributed by atoms with Gasteiger partial charge in [0.05, 0.1) is 17.5 Å². The Morgan fingerprint density at radius 2 is 2.28 bits per heavy atom. The Morgan fingerprint density at radius 3 is 3.00 bits per heavy atom. The minimum atomic E-state index is 0.554. The van der Waals surface area contributed by atoms with Crippen LogP contribution in [-0.2, 0) is 0 Å². The molecule has 3 rings (SSSR count). The summed E-state index contributed by atoms with van der Waals surface area (Å²) >= 11 is 1.53. The highest BCUT2D eigenvalue weighted by atomic mass is 32.2. The van der Waals surface area contributed by atoms with Gasteiger partial charge in [-0.1, -0.05) is 11.8 Å². The van der Waals surface area contributed by atoms with Crippen molar-refractivity contribution in [3.63, 3.8) is 0 Å². The maximum absolute atomic E-state index is 5.28. The molecule has 0 aliphatic carbocycles. The van der Waals surface area contributed by atoms with Crippen LogP contribution >= 0.6 is 11.8 Å². The van der Waals surface area contributed by atoms with Crippen LogP contribution in [0.2, 0.25) is 0 Å². The smallest absolute Gasteiger partial charge is 0.225 e. The molecule has 0 bridgehead atoms. The van der Waals surface area contributed by atoms with E-state index < -0.39 is 0 Å². The number of furan rings is 1. The van der Waals surface area contributed by atoms with E-state index in [1.165, 1.54) is 11.8 Å². The van der Waals surface area contributed by atoms with Crippen LogP contribution in [0, 0.1) is 6.92 Å². The third-order valence-electron chi connectivity index (χ3n) is 2.49. The van der Waals surface area contributed by atoms with Gasteiger partial charge in [0.1, 0.15) is 16.3 Å². The highest BCUT2D eigenvalue weighted by Gasteiger charge is 2.12. The Hall–Kier alpha value is -2.02. The Balaban J connectivity index is 2.10. The van der Waals surface area contributed by atoms with E-state index in [1.807, 2.05) is 13.0 Å². The van der Waals surface area contributed by atoms with Crippen molar-refractivity contribution in [2.24, 2.45) is 0 Å². The van der Waals surface area contributed by atoms with Gasteiger partial charge in [0.15, 0.2) is 5.65 Å². The van der Waals surface area contributed by atoms with Crippen LogP contribution in [0.15, 0.2) is 33.0 Å². The van der Waals surface area contributed by atoms with E-state index in [0.29, 0.717) is 11.6 Å². The van der Waals surface area contributed by atoms with Crippen LogP contribution in [0.5, 0.6) is 0 Å². The average Bonchev–Trinajstić information content (AvgIpc) is 2.98. The number of nitrogens with one attached hydrogen (secondary N) is 2. The molecule has 3 aromatic heterocycles. The molecule has 3 heterocycles. The molecule has 3 aromatic rings. The van der Waals surface area contributed by atoms with Crippen molar-refractivity contribution in [1.82, 2.24) is 19.9 Å². The predicted octanol–water partition coefficient (Wildman–Crippen LogP) is 2.45. The molecule has 0 atom stereocenters. The molecule has 0 saturated carbocycles. The van der Waals surface area contributed by atoms with Gasteiger partial charge in [-0.25, -0.2) is 9.97 Å². The van der Waals surface area contributed by atoms with Gasteiger partial charge in [-0.2, -0.15) is 4.98 Å². The van der Waals surface area contributed by atoms with E-state index in [0.717, 1.165) is 21.2 Å². The van der Waals surface area contributed by atoms with E-state index in [2.05, 4.69) is 25.3 Å². The molecule has 6 nitrogen and oxygen atoms in total. The topological polar surface area (TPSA) is 79.6 Å². The van der Waals surface area contributed by atoms with Gasteiger partial charge in [-0.05, 0) is 13.0 Å². The fourth-order valence-corrected chi connectivity index (χ4v) is 2.48. The fraction of sp³-hybridized carbons (Fsp3) is 0.182. The summed E-state index contributed by atoms with van der Waals surface area (Å²) < 4.78 is 5.28. The summed E-state index contributed by atoms with van der Waals surface area (Å²) in [4.78, 5) is 16.9. The van der Waals surface area contributed by atoms with E-state index in [-0.39, 0.29) is 0 Å². The Bertz CT molecular complexity index is 690. The number of hydrogen-bond acceptors (Lipinski definition) is 6. The van der Waals surface area contributed by atoms with Crippen LogP contribution in [0.1, 0.15) is 5.76 Å². The zero-order valence-electron chi connectivity index (χ0n) is 9.89. The average molecular weight is 261 g/mol.